The van der Waals surface area contributed by atoms with Crippen molar-refractivity contribution in [2.75, 3.05) is 6.54 Å². The van der Waals surface area contributed by atoms with Gasteiger partial charge in [0.15, 0.2) is 17.3 Å². The molecule has 0 aliphatic heterocycles. The Balaban J connectivity index is 1.46. The van der Waals surface area contributed by atoms with Crippen molar-refractivity contribution in [3.8, 4) is 11.3 Å². The summed E-state index contributed by atoms with van der Waals surface area (Å²) in [4.78, 5) is 31.2. The number of carboxylic acids is 1. The molecule has 8 heteroatoms. The minimum Gasteiger partial charge on any atom is -0.476 e. The van der Waals surface area contributed by atoms with Crippen LogP contribution in [-0.4, -0.2) is 33.5 Å². The maximum atomic E-state index is 12.0. The Morgan fingerprint density at radius 3 is 2.67 bits per heavy atom. The fourth-order valence-corrected chi connectivity index (χ4v) is 3.33. The van der Waals surface area contributed by atoms with Crippen molar-refractivity contribution in [3.63, 3.8) is 0 Å². The topological polar surface area (TPSA) is 105 Å². The normalized spacial score (nSPS) is 10.7. The number of hydrogen-bond donors (Lipinski definition) is 2. The Labute approximate surface area is 160 Å². The van der Waals surface area contributed by atoms with E-state index in [1.54, 1.807) is 0 Å². The number of carboxylic acid groups (broad SMARTS) is 1. The first-order chi connectivity index (χ1) is 13.0. The van der Waals surface area contributed by atoms with Crippen LogP contribution in [0.4, 0.5) is 0 Å². The molecule has 0 unspecified atom stereocenters. The number of thiazole rings is 1. The fourth-order valence-electron chi connectivity index (χ4n) is 2.56. The first-order valence-corrected chi connectivity index (χ1v) is 9.37. The van der Waals surface area contributed by atoms with Gasteiger partial charge in [-0.05, 0) is 6.92 Å². The number of carbonyl (C=O) groups excluding carboxylic acids is 1. The zero-order valence-electron chi connectivity index (χ0n) is 14.8. The van der Waals surface area contributed by atoms with Gasteiger partial charge in [0.2, 0.25) is 5.91 Å². The van der Waals surface area contributed by atoms with E-state index in [1.165, 1.54) is 16.7 Å². The molecule has 2 N–H and O–H groups in total. The Morgan fingerprint density at radius 1 is 1.19 bits per heavy atom. The van der Waals surface area contributed by atoms with E-state index < -0.39 is 5.97 Å². The molecule has 0 aliphatic rings. The highest BCUT2D eigenvalue weighted by Crippen LogP contribution is 2.24. The van der Waals surface area contributed by atoms with Gasteiger partial charge in [0, 0.05) is 36.8 Å². The van der Waals surface area contributed by atoms with Gasteiger partial charge in [0.1, 0.15) is 0 Å². The van der Waals surface area contributed by atoms with Crippen LogP contribution in [0.25, 0.3) is 11.3 Å². The molecule has 0 atom stereocenters. The van der Waals surface area contributed by atoms with Crippen molar-refractivity contribution < 1.29 is 19.1 Å². The smallest absolute Gasteiger partial charge is 0.355 e. The van der Waals surface area contributed by atoms with Gasteiger partial charge < -0.3 is 14.8 Å². The number of aromatic nitrogens is 2. The molecule has 0 saturated heterocycles. The lowest BCUT2D eigenvalue weighted by Gasteiger charge is -2.02. The number of hydrogen-bond acceptors (Lipinski definition) is 6. The molecule has 1 aromatic carbocycles. The standard InChI is InChI=1S/C19H19N3O4S/c1-12-18(13-5-3-2-4-6-13)26-16(21-12)8-7-15(23)20-10-9-17-22-14(11-27-17)19(24)25/h2-6,11H,7-10H2,1H3,(H,20,23)(H,24,25). The Morgan fingerprint density at radius 2 is 1.96 bits per heavy atom. The minimum atomic E-state index is -1.04. The average Bonchev–Trinajstić information content (AvgIpc) is 3.27. The van der Waals surface area contributed by atoms with Crippen LogP contribution in [0.15, 0.2) is 40.1 Å². The number of benzene rings is 1. The monoisotopic (exact) mass is 385 g/mol. The maximum absolute atomic E-state index is 12.0. The van der Waals surface area contributed by atoms with Crippen molar-refractivity contribution in [1.29, 1.82) is 0 Å². The van der Waals surface area contributed by atoms with E-state index in [4.69, 9.17) is 9.52 Å². The van der Waals surface area contributed by atoms with Crippen molar-refractivity contribution in [3.05, 3.63) is 58.0 Å². The van der Waals surface area contributed by atoms with Gasteiger partial charge in [-0.15, -0.1) is 11.3 Å². The molecule has 3 aromatic rings. The van der Waals surface area contributed by atoms with E-state index in [0.717, 1.165) is 17.0 Å². The lowest BCUT2D eigenvalue weighted by molar-refractivity contribution is -0.121. The highest BCUT2D eigenvalue weighted by atomic mass is 32.1. The molecule has 0 fully saturated rings. The van der Waals surface area contributed by atoms with Crippen LogP contribution in [0.3, 0.4) is 0 Å². The molecule has 140 valence electrons. The number of rotatable bonds is 8. The molecule has 1 amide bonds. The lowest BCUT2D eigenvalue weighted by atomic mass is 10.1. The lowest BCUT2D eigenvalue weighted by Crippen LogP contribution is -2.25. The van der Waals surface area contributed by atoms with E-state index in [-0.39, 0.29) is 18.0 Å². The summed E-state index contributed by atoms with van der Waals surface area (Å²) in [7, 11) is 0. The van der Waals surface area contributed by atoms with Crippen molar-refractivity contribution >= 4 is 23.2 Å². The SMILES string of the molecule is Cc1nc(CCC(=O)NCCc2nc(C(=O)O)cs2)oc1-c1ccccc1. The first-order valence-electron chi connectivity index (χ1n) is 8.49. The van der Waals surface area contributed by atoms with Crippen LogP contribution >= 0.6 is 11.3 Å². The zero-order chi connectivity index (χ0) is 19.2. The molecule has 0 radical (unpaired) electrons. The van der Waals surface area contributed by atoms with E-state index in [0.29, 0.717) is 30.3 Å². The Hall–Kier alpha value is -3.00. The quantitative estimate of drug-likeness (QED) is 0.617. The zero-order valence-corrected chi connectivity index (χ0v) is 15.6. The van der Waals surface area contributed by atoms with Crippen molar-refractivity contribution in [2.45, 2.75) is 26.2 Å². The summed E-state index contributed by atoms with van der Waals surface area (Å²) in [6, 6.07) is 9.73. The molecule has 2 heterocycles. The highest BCUT2D eigenvalue weighted by Gasteiger charge is 2.13. The predicted octanol–water partition coefficient (Wildman–Crippen LogP) is 3.10. The van der Waals surface area contributed by atoms with Gasteiger partial charge in [-0.25, -0.2) is 14.8 Å². The summed E-state index contributed by atoms with van der Waals surface area (Å²) < 4.78 is 5.79. The average molecular weight is 385 g/mol. The van der Waals surface area contributed by atoms with Gasteiger partial charge in [0.05, 0.1) is 10.7 Å². The van der Waals surface area contributed by atoms with Crippen LogP contribution in [0, 0.1) is 6.92 Å². The Bertz CT molecular complexity index is 934. The van der Waals surface area contributed by atoms with Crippen LogP contribution in [-0.2, 0) is 17.6 Å². The molecule has 0 aliphatic carbocycles. The number of amides is 1. The minimum absolute atomic E-state index is 0.0369. The molecular formula is C19H19N3O4S. The summed E-state index contributed by atoms with van der Waals surface area (Å²) in [6.07, 6.45) is 1.19. The van der Waals surface area contributed by atoms with Crippen LogP contribution in [0.2, 0.25) is 0 Å². The number of nitrogens with zero attached hydrogens (tertiary/aromatic N) is 2. The summed E-state index contributed by atoms with van der Waals surface area (Å²) in [5, 5.41) is 13.8. The Kier molecular flexibility index (Phi) is 5.97. The number of aryl methyl sites for hydroxylation is 2. The van der Waals surface area contributed by atoms with E-state index in [2.05, 4.69) is 15.3 Å². The van der Waals surface area contributed by atoms with Crippen LogP contribution in [0.1, 0.15) is 33.5 Å². The van der Waals surface area contributed by atoms with Gasteiger partial charge in [-0.1, -0.05) is 30.3 Å². The predicted molar refractivity (Wildman–Crippen MR) is 101 cm³/mol. The van der Waals surface area contributed by atoms with E-state index in [9.17, 15) is 9.59 Å². The van der Waals surface area contributed by atoms with Crippen LogP contribution < -0.4 is 5.32 Å². The molecule has 0 saturated carbocycles. The maximum Gasteiger partial charge on any atom is 0.355 e. The number of nitrogens with one attached hydrogen (secondary N) is 1. The van der Waals surface area contributed by atoms with E-state index in [1.807, 2.05) is 37.3 Å². The summed E-state index contributed by atoms with van der Waals surface area (Å²) in [6.45, 7) is 2.29. The van der Waals surface area contributed by atoms with Crippen LogP contribution in [0.5, 0.6) is 0 Å². The van der Waals surface area contributed by atoms with Gasteiger partial charge in [-0.2, -0.15) is 0 Å². The largest absolute Gasteiger partial charge is 0.476 e. The molecule has 27 heavy (non-hydrogen) atoms. The third-order valence-electron chi connectivity index (χ3n) is 3.87. The second-order valence-corrected chi connectivity index (χ2v) is 6.86. The molecular weight excluding hydrogens is 366 g/mol. The van der Waals surface area contributed by atoms with Gasteiger partial charge >= 0.3 is 5.97 Å². The number of aromatic carboxylic acids is 1. The third-order valence-corrected chi connectivity index (χ3v) is 4.78. The highest BCUT2D eigenvalue weighted by molar-refractivity contribution is 7.09. The fraction of sp³-hybridized carbons (Fsp3) is 0.263. The number of oxazole rings is 1. The summed E-state index contributed by atoms with van der Waals surface area (Å²) >= 11 is 1.27. The first kappa shape index (κ1) is 18.8. The van der Waals surface area contributed by atoms with Crippen molar-refractivity contribution in [1.82, 2.24) is 15.3 Å². The molecule has 0 bridgehead atoms. The number of carbonyl (C=O) groups is 2. The summed E-state index contributed by atoms with van der Waals surface area (Å²) in [5.74, 6) is 0.108. The molecule has 3 rings (SSSR count). The summed E-state index contributed by atoms with van der Waals surface area (Å²) in [5.41, 5.74) is 1.80. The molecule has 2 aromatic heterocycles. The second-order valence-electron chi connectivity index (χ2n) is 5.92. The van der Waals surface area contributed by atoms with E-state index >= 15 is 0 Å². The third kappa shape index (κ3) is 5.01. The van der Waals surface area contributed by atoms with Gasteiger partial charge in [-0.3, -0.25) is 4.79 Å². The second kappa shape index (κ2) is 8.59. The van der Waals surface area contributed by atoms with Crippen molar-refractivity contribution in [2.24, 2.45) is 0 Å². The molecule has 7 nitrogen and oxygen atoms in total. The molecule has 0 spiro atoms. The van der Waals surface area contributed by atoms with Gasteiger partial charge in [0.25, 0.3) is 0 Å².